The second kappa shape index (κ2) is 7.70. The first-order valence-electron chi connectivity index (χ1n) is 9.12. The van der Waals surface area contributed by atoms with Crippen molar-refractivity contribution in [2.24, 2.45) is 5.92 Å². The zero-order valence-corrected chi connectivity index (χ0v) is 15.4. The molecule has 1 amide bonds. The van der Waals surface area contributed by atoms with Gasteiger partial charge in [-0.1, -0.05) is 6.42 Å². The Kier molecular flexibility index (Phi) is 5.59. The highest BCUT2D eigenvalue weighted by Crippen LogP contribution is 2.36. The molecule has 0 aromatic carbocycles. The van der Waals surface area contributed by atoms with Crippen molar-refractivity contribution < 1.29 is 13.9 Å². The third-order valence-corrected chi connectivity index (χ3v) is 5.14. The number of hydrogen-bond donors (Lipinski definition) is 0. The third-order valence-electron chi connectivity index (χ3n) is 5.14. The molecule has 138 valence electrons. The van der Waals surface area contributed by atoms with E-state index < -0.39 is 5.63 Å². The lowest BCUT2D eigenvalue weighted by atomic mass is 9.83. The molecule has 1 unspecified atom stereocenters. The summed E-state index contributed by atoms with van der Waals surface area (Å²) in [4.78, 5) is 29.3. The summed E-state index contributed by atoms with van der Waals surface area (Å²) < 4.78 is 11.1. The van der Waals surface area contributed by atoms with Crippen molar-refractivity contribution in [3.63, 3.8) is 0 Å². The minimum absolute atomic E-state index is 0.175. The predicted octanol–water partition coefficient (Wildman–Crippen LogP) is 1.87. The number of ether oxygens (including phenoxy) is 1. The van der Waals surface area contributed by atoms with Crippen LogP contribution in [0, 0.1) is 12.8 Å². The van der Waals surface area contributed by atoms with Crippen LogP contribution in [0.25, 0.3) is 0 Å². The molecule has 0 spiro atoms. The fraction of sp³-hybridized carbons (Fsp3) is 0.684. The number of nitrogens with zero attached hydrogens (tertiary/aromatic N) is 2. The number of amides is 1. The van der Waals surface area contributed by atoms with E-state index >= 15 is 0 Å². The van der Waals surface area contributed by atoms with Gasteiger partial charge in [0.2, 0.25) is 0 Å². The van der Waals surface area contributed by atoms with E-state index in [0.717, 1.165) is 30.7 Å². The van der Waals surface area contributed by atoms with Crippen LogP contribution < -0.4 is 5.63 Å². The summed E-state index contributed by atoms with van der Waals surface area (Å²) in [5.41, 5.74) is 0.396. The van der Waals surface area contributed by atoms with Crippen molar-refractivity contribution in [1.82, 2.24) is 9.80 Å². The van der Waals surface area contributed by atoms with Crippen LogP contribution in [0.3, 0.4) is 0 Å². The smallest absolute Gasteiger partial charge is 0.349 e. The van der Waals surface area contributed by atoms with E-state index in [1.54, 1.807) is 4.90 Å². The normalized spacial score (nSPS) is 21.9. The van der Waals surface area contributed by atoms with Crippen molar-refractivity contribution in [3.8, 4) is 0 Å². The fourth-order valence-corrected chi connectivity index (χ4v) is 3.63. The maximum Gasteiger partial charge on any atom is 0.349 e. The highest BCUT2D eigenvalue weighted by Gasteiger charge is 2.29. The molecule has 2 heterocycles. The van der Waals surface area contributed by atoms with E-state index in [1.807, 2.05) is 27.1 Å². The summed E-state index contributed by atoms with van der Waals surface area (Å²) >= 11 is 0. The zero-order chi connectivity index (χ0) is 18.0. The lowest BCUT2D eigenvalue weighted by molar-refractivity contribution is 0.0728. The van der Waals surface area contributed by atoms with Gasteiger partial charge < -0.3 is 19.0 Å². The highest BCUT2D eigenvalue weighted by atomic mass is 16.5. The first-order chi connectivity index (χ1) is 12.0. The van der Waals surface area contributed by atoms with Crippen molar-refractivity contribution in [1.29, 1.82) is 0 Å². The first kappa shape index (κ1) is 18.1. The Bertz CT molecular complexity index is 678. The Morgan fingerprint density at radius 3 is 2.72 bits per heavy atom. The number of carbonyl (C=O) groups is 1. The number of hydrogen-bond acceptors (Lipinski definition) is 5. The Balaban J connectivity index is 1.80. The van der Waals surface area contributed by atoms with Gasteiger partial charge in [-0.3, -0.25) is 4.79 Å². The van der Waals surface area contributed by atoms with E-state index in [2.05, 4.69) is 4.90 Å². The molecule has 0 radical (unpaired) electrons. The molecule has 6 heteroatoms. The summed E-state index contributed by atoms with van der Waals surface area (Å²) in [5.74, 6) is 1.07. The predicted molar refractivity (Wildman–Crippen MR) is 95.1 cm³/mol. The molecular formula is C19H28N2O4. The van der Waals surface area contributed by atoms with Gasteiger partial charge in [0.05, 0.1) is 13.2 Å². The van der Waals surface area contributed by atoms with Gasteiger partial charge in [-0.05, 0) is 45.5 Å². The summed E-state index contributed by atoms with van der Waals surface area (Å²) in [7, 11) is 4.02. The minimum Gasteiger partial charge on any atom is -0.427 e. The molecule has 2 aliphatic rings. The number of aryl methyl sites for hydroxylation is 1. The molecule has 25 heavy (non-hydrogen) atoms. The molecule has 2 fully saturated rings. The molecule has 3 rings (SSSR count). The molecule has 1 saturated carbocycles. The van der Waals surface area contributed by atoms with Crippen LogP contribution in [0.1, 0.15) is 46.9 Å². The van der Waals surface area contributed by atoms with Gasteiger partial charge in [-0.2, -0.15) is 0 Å². The zero-order valence-electron chi connectivity index (χ0n) is 15.4. The van der Waals surface area contributed by atoms with Crippen molar-refractivity contribution in [2.75, 3.05) is 46.9 Å². The van der Waals surface area contributed by atoms with Crippen LogP contribution in [0.2, 0.25) is 0 Å². The van der Waals surface area contributed by atoms with Crippen molar-refractivity contribution >= 4 is 5.91 Å². The molecule has 1 aromatic rings. The van der Waals surface area contributed by atoms with E-state index in [4.69, 9.17) is 9.15 Å². The first-order valence-corrected chi connectivity index (χ1v) is 9.12. The average molecular weight is 348 g/mol. The lowest BCUT2D eigenvalue weighted by Crippen LogP contribution is -2.40. The Morgan fingerprint density at radius 2 is 2.12 bits per heavy atom. The Morgan fingerprint density at radius 1 is 1.36 bits per heavy atom. The summed E-state index contributed by atoms with van der Waals surface area (Å²) in [5, 5.41) is 0. The Labute approximate surface area is 148 Å². The van der Waals surface area contributed by atoms with Gasteiger partial charge in [-0.25, -0.2) is 4.79 Å². The SMILES string of the molecule is Cc1cc(C2CCC2)oc(=O)c1C(=O)N1CCOCC(CN(C)C)C1. The highest BCUT2D eigenvalue weighted by molar-refractivity contribution is 5.95. The molecule has 6 nitrogen and oxygen atoms in total. The van der Waals surface area contributed by atoms with Crippen LogP contribution in [0.5, 0.6) is 0 Å². The van der Waals surface area contributed by atoms with Gasteiger partial charge in [0.1, 0.15) is 11.3 Å². The quantitative estimate of drug-likeness (QED) is 0.831. The van der Waals surface area contributed by atoms with Gasteiger partial charge >= 0.3 is 5.63 Å². The second-order valence-electron chi connectivity index (χ2n) is 7.58. The van der Waals surface area contributed by atoms with Gasteiger partial charge in [0, 0.05) is 31.5 Å². The van der Waals surface area contributed by atoms with E-state index in [9.17, 15) is 9.59 Å². The van der Waals surface area contributed by atoms with Gasteiger partial charge in [0.25, 0.3) is 5.91 Å². The third kappa shape index (κ3) is 4.12. The number of carbonyl (C=O) groups excluding carboxylic acids is 1. The summed E-state index contributed by atoms with van der Waals surface area (Å²) in [6.45, 7) is 4.92. The molecule has 0 bridgehead atoms. The van der Waals surface area contributed by atoms with E-state index in [1.165, 1.54) is 6.42 Å². The second-order valence-corrected chi connectivity index (χ2v) is 7.58. The Hall–Kier alpha value is -1.66. The topological polar surface area (TPSA) is 63.0 Å². The van der Waals surface area contributed by atoms with E-state index in [-0.39, 0.29) is 17.4 Å². The summed E-state index contributed by atoms with van der Waals surface area (Å²) in [6, 6.07) is 1.88. The van der Waals surface area contributed by atoms with E-state index in [0.29, 0.717) is 32.2 Å². The monoisotopic (exact) mass is 348 g/mol. The lowest BCUT2D eigenvalue weighted by Gasteiger charge is -2.26. The van der Waals surface area contributed by atoms with Crippen molar-refractivity contribution in [3.05, 3.63) is 33.4 Å². The fourth-order valence-electron chi connectivity index (χ4n) is 3.63. The van der Waals surface area contributed by atoms with Crippen LogP contribution >= 0.6 is 0 Å². The van der Waals surface area contributed by atoms with Crippen LogP contribution in [-0.2, 0) is 4.74 Å². The van der Waals surface area contributed by atoms with Gasteiger partial charge in [-0.15, -0.1) is 0 Å². The number of rotatable bonds is 4. The van der Waals surface area contributed by atoms with Gasteiger partial charge in [0.15, 0.2) is 0 Å². The summed E-state index contributed by atoms with van der Waals surface area (Å²) in [6.07, 6.45) is 3.30. The van der Waals surface area contributed by atoms with Crippen molar-refractivity contribution in [2.45, 2.75) is 32.1 Å². The van der Waals surface area contributed by atoms with Crippen LogP contribution in [0.4, 0.5) is 0 Å². The molecule has 1 atom stereocenters. The molecule has 1 aliphatic carbocycles. The minimum atomic E-state index is -0.499. The molecule has 1 saturated heterocycles. The standard InChI is InChI=1S/C19H28N2O4/c1-13-9-16(15-5-4-6-15)25-19(23)17(13)18(22)21-7-8-24-12-14(11-21)10-20(2)3/h9,14-15H,4-8,10-12H2,1-3H3. The molecule has 1 aromatic heterocycles. The maximum atomic E-state index is 13.0. The average Bonchev–Trinajstić information content (AvgIpc) is 2.69. The maximum absolute atomic E-state index is 13.0. The molecule has 1 aliphatic heterocycles. The molecular weight excluding hydrogens is 320 g/mol. The van der Waals surface area contributed by atoms with Crippen LogP contribution in [-0.4, -0.2) is 62.7 Å². The van der Waals surface area contributed by atoms with Crippen LogP contribution in [0.15, 0.2) is 15.3 Å². The largest absolute Gasteiger partial charge is 0.427 e. The molecule has 0 N–H and O–H groups in total.